The second-order valence-corrected chi connectivity index (χ2v) is 5.88. The third-order valence-corrected chi connectivity index (χ3v) is 4.52. The van der Waals surface area contributed by atoms with Crippen LogP contribution in [0.25, 0.3) is 0 Å². The molecule has 1 unspecified atom stereocenters. The van der Waals surface area contributed by atoms with Crippen LogP contribution in [0, 0.1) is 0 Å². The third kappa shape index (κ3) is 3.10. The van der Waals surface area contributed by atoms with E-state index in [0.29, 0.717) is 15.1 Å². The summed E-state index contributed by atoms with van der Waals surface area (Å²) in [5.41, 5.74) is 0.565. The van der Waals surface area contributed by atoms with E-state index in [-0.39, 0.29) is 11.9 Å². The van der Waals surface area contributed by atoms with Gasteiger partial charge in [-0.2, -0.15) is 0 Å². The van der Waals surface area contributed by atoms with Crippen molar-refractivity contribution >= 4 is 44.8 Å². The van der Waals surface area contributed by atoms with Crippen molar-refractivity contribution in [1.29, 1.82) is 0 Å². The van der Waals surface area contributed by atoms with E-state index < -0.39 is 0 Å². The first-order valence-corrected chi connectivity index (χ1v) is 7.28. The summed E-state index contributed by atoms with van der Waals surface area (Å²) in [6.45, 7) is 1.90. The lowest BCUT2D eigenvalue weighted by Crippen LogP contribution is -2.26. The number of hydrogen-bond acceptors (Lipinski definition) is 3. The number of hydrogen-bond donors (Lipinski definition) is 1. The number of halogens is 2. The topological polar surface area (TPSA) is 42.0 Å². The number of nitrogens with zero attached hydrogens (tertiary/aromatic N) is 1. The Morgan fingerprint density at radius 3 is 2.94 bits per heavy atom. The number of carbonyl (C=O) groups excluding carboxylic acids is 1. The van der Waals surface area contributed by atoms with Gasteiger partial charge in [0, 0.05) is 21.6 Å². The molecule has 1 aromatic carbocycles. The summed E-state index contributed by atoms with van der Waals surface area (Å²) in [6.07, 6.45) is 1.72. The lowest BCUT2D eigenvalue weighted by molar-refractivity contribution is 0.0940. The summed E-state index contributed by atoms with van der Waals surface area (Å²) in [5, 5.41) is 6.24. The molecule has 0 bridgehead atoms. The Morgan fingerprint density at radius 1 is 1.56 bits per heavy atom. The summed E-state index contributed by atoms with van der Waals surface area (Å²) in [6, 6.07) is 4.98. The van der Waals surface area contributed by atoms with Gasteiger partial charge in [-0.3, -0.25) is 4.79 Å². The molecule has 0 aliphatic heterocycles. The van der Waals surface area contributed by atoms with E-state index in [1.54, 1.807) is 24.4 Å². The smallest absolute Gasteiger partial charge is 0.251 e. The molecule has 0 fully saturated rings. The van der Waals surface area contributed by atoms with Gasteiger partial charge >= 0.3 is 0 Å². The zero-order valence-corrected chi connectivity index (χ0v) is 12.6. The predicted octanol–water partition coefficient (Wildman–Crippen LogP) is 4.05. The molecule has 1 aromatic heterocycles. The van der Waals surface area contributed by atoms with Crippen LogP contribution in [0.4, 0.5) is 0 Å². The molecule has 94 valence electrons. The fraction of sp³-hybridized carbons (Fsp3) is 0.167. The quantitative estimate of drug-likeness (QED) is 0.912. The van der Waals surface area contributed by atoms with Gasteiger partial charge in [0.05, 0.1) is 11.1 Å². The molecule has 0 spiro atoms. The Kier molecular flexibility index (Phi) is 4.37. The van der Waals surface area contributed by atoms with Crippen molar-refractivity contribution in [3.05, 3.63) is 49.8 Å². The molecule has 0 saturated carbocycles. The average molecular weight is 346 g/mol. The Balaban J connectivity index is 2.10. The molecular formula is C12H10BrClN2OS. The molecule has 1 amide bonds. The zero-order valence-electron chi connectivity index (χ0n) is 9.48. The number of rotatable bonds is 3. The first-order chi connectivity index (χ1) is 8.58. The number of carbonyl (C=O) groups is 1. The number of nitrogens with one attached hydrogen (secondary N) is 1. The minimum atomic E-state index is -0.143. The normalized spacial score (nSPS) is 12.2. The van der Waals surface area contributed by atoms with Crippen molar-refractivity contribution in [2.45, 2.75) is 13.0 Å². The molecule has 2 rings (SSSR count). The highest BCUT2D eigenvalue weighted by atomic mass is 79.9. The molecule has 2 aromatic rings. The van der Waals surface area contributed by atoms with E-state index in [4.69, 9.17) is 11.6 Å². The molecule has 0 saturated heterocycles. The van der Waals surface area contributed by atoms with E-state index in [1.165, 1.54) is 11.3 Å². The molecule has 18 heavy (non-hydrogen) atoms. The second kappa shape index (κ2) is 5.82. The Labute approximate surface area is 122 Å². The van der Waals surface area contributed by atoms with E-state index in [0.717, 1.165) is 5.01 Å². The predicted molar refractivity (Wildman–Crippen MR) is 77.1 cm³/mol. The molecule has 0 radical (unpaired) electrons. The maximum Gasteiger partial charge on any atom is 0.251 e. The highest BCUT2D eigenvalue weighted by Gasteiger charge is 2.13. The number of amides is 1. The summed E-state index contributed by atoms with van der Waals surface area (Å²) in [4.78, 5) is 16.2. The summed E-state index contributed by atoms with van der Waals surface area (Å²) in [7, 11) is 0. The van der Waals surface area contributed by atoms with Crippen molar-refractivity contribution in [3.8, 4) is 0 Å². The minimum absolute atomic E-state index is 0.105. The first-order valence-electron chi connectivity index (χ1n) is 5.23. The van der Waals surface area contributed by atoms with Gasteiger partial charge in [-0.25, -0.2) is 4.98 Å². The SMILES string of the molecule is CC(NC(=O)c1ccc(Cl)c(Br)c1)c1nccs1. The van der Waals surface area contributed by atoms with E-state index in [2.05, 4.69) is 26.2 Å². The zero-order chi connectivity index (χ0) is 13.1. The summed E-state index contributed by atoms with van der Waals surface area (Å²) in [5.74, 6) is -0.143. The third-order valence-electron chi connectivity index (χ3n) is 2.35. The highest BCUT2D eigenvalue weighted by Crippen LogP contribution is 2.23. The van der Waals surface area contributed by atoms with Crippen LogP contribution in [-0.4, -0.2) is 10.9 Å². The van der Waals surface area contributed by atoms with Crippen LogP contribution >= 0.6 is 38.9 Å². The lowest BCUT2D eigenvalue weighted by Gasteiger charge is -2.11. The van der Waals surface area contributed by atoms with Gasteiger partial charge < -0.3 is 5.32 Å². The second-order valence-electron chi connectivity index (χ2n) is 3.69. The van der Waals surface area contributed by atoms with Gasteiger partial charge in [0.15, 0.2) is 0 Å². The average Bonchev–Trinajstić information content (AvgIpc) is 2.86. The largest absolute Gasteiger partial charge is 0.343 e. The van der Waals surface area contributed by atoms with Gasteiger partial charge in [0.2, 0.25) is 0 Å². The fourth-order valence-corrected chi connectivity index (χ4v) is 2.57. The van der Waals surface area contributed by atoms with Crippen LogP contribution in [0.5, 0.6) is 0 Å². The number of aromatic nitrogens is 1. The van der Waals surface area contributed by atoms with Crippen LogP contribution in [0.3, 0.4) is 0 Å². The van der Waals surface area contributed by atoms with Crippen LogP contribution in [-0.2, 0) is 0 Å². The molecule has 3 nitrogen and oxygen atoms in total. The maximum absolute atomic E-state index is 12.0. The van der Waals surface area contributed by atoms with E-state index in [1.807, 2.05) is 12.3 Å². The number of thiazole rings is 1. The van der Waals surface area contributed by atoms with Gasteiger partial charge in [-0.15, -0.1) is 11.3 Å². The van der Waals surface area contributed by atoms with E-state index in [9.17, 15) is 4.79 Å². The van der Waals surface area contributed by atoms with Gasteiger partial charge in [-0.1, -0.05) is 11.6 Å². The number of benzene rings is 1. The van der Waals surface area contributed by atoms with Crippen LogP contribution in [0.2, 0.25) is 5.02 Å². The van der Waals surface area contributed by atoms with Crippen LogP contribution < -0.4 is 5.32 Å². The minimum Gasteiger partial charge on any atom is -0.343 e. The molecule has 0 aliphatic carbocycles. The maximum atomic E-state index is 12.0. The first kappa shape index (κ1) is 13.5. The van der Waals surface area contributed by atoms with Crippen LogP contribution in [0.15, 0.2) is 34.2 Å². The van der Waals surface area contributed by atoms with Gasteiger partial charge in [0.1, 0.15) is 5.01 Å². The van der Waals surface area contributed by atoms with Crippen molar-refractivity contribution in [2.24, 2.45) is 0 Å². The molecule has 1 N–H and O–H groups in total. The summed E-state index contributed by atoms with van der Waals surface area (Å²) >= 11 is 10.7. The van der Waals surface area contributed by atoms with Gasteiger partial charge in [0.25, 0.3) is 5.91 Å². The standard InChI is InChI=1S/C12H10BrClN2OS/c1-7(12-15-4-5-18-12)16-11(17)8-2-3-10(14)9(13)6-8/h2-7H,1H3,(H,16,17). The fourth-order valence-electron chi connectivity index (χ4n) is 1.43. The van der Waals surface area contributed by atoms with E-state index >= 15 is 0 Å². The Morgan fingerprint density at radius 2 is 2.33 bits per heavy atom. The monoisotopic (exact) mass is 344 g/mol. The van der Waals surface area contributed by atoms with Crippen LogP contribution in [0.1, 0.15) is 28.3 Å². The molecule has 1 atom stereocenters. The van der Waals surface area contributed by atoms with Crippen molar-refractivity contribution in [1.82, 2.24) is 10.3 Å². The molecular weight excluding hydrogens is 336 g/mol. The van der Waals surface area contributed by atoms with Crippen molar-refractivity contribution in [3.63, 3.8) is 0 Å². The summed E-state index contributed by atoms with van der Waals surface area (Å²) < 4.78 is 0.707. The molecule has 0 aliphatic rings. The van der Waals surface area contributed by atoms with Crippen molar-refractivity contribution < 1.29 is 4.79 Å². The lowest BCUT2D eigenvalue weighted by atomic mass is 10.2. The molecule has 6 heteroatoms. The highest BCUT2D eigenvalue weighted by molar-refractivity contribution is 9.10. The Hall–Kier alpha value is -0.910. The van der Waals surface area contributed by atoms with Gasteiger partial charge in [-0.05, 0) is 41.1 Å². The Bertz CT molecular complexity index is 559. The van der Waals surface area contributed by atoms with Crippen molar-refractivity contribution in [2.75, 3.05) is 0 Å². The molecule has 1 heterocycles.